The molecule has 0 radical (unpaired) electrons. The van der Waals surface area contributed by atoms with Gasteiger partial charge in [0.25, 0.3) is 0 Å². The van der Waals surface area contributed by atoms with Crippen molar-refractivity contribution in [2.24, 2.45) is 0 Å². The number of imidazole rings is 1. The lowest BCUT2D eigenvalue weighted by molar-refractivity contribution is -0.136. The van der Waals surface area contributed by atoms with Crippen molar-refractivity contribution in [3.63, 3.8) is 0 Å². The number of ketones is 1. The summed E-state index contributed by atoms with van der Waals surface area (Å²) in [5.41, 5.74) is 3.04. The molecule has 0 spiro atoms. The Kier molecular flexibility index (Phi) is 7.75. The summed E-state index contributed by atoms with van der Waals surface area (Å²) < 4.78 is 0. The summed E-state index contributed by atoms with van der Waals surface area (Å²) in [6, 6.07) is 14.5. The third kappa shape index (κ3) is 5.97. The van der Waals surface area contributed by atoms with Crippen LogP contribution in [-0.4, -0.2) is 67.8 Å². The molecule has 1 fully saturated rings. The third-order valence-corrected chi connectivity index (χ3v) is 7.26. The number of aromatic amines is 2. The lowest BCUT2D eigenvalue weighted by Crippen LogP contribution is -2.51. The zero-order valence-electron chi connectivity index (χ0n) is 21.3. The van der Waals surface area contributed by atoms with Gasteiger partial charge in [0.15, 0.2) is 0 Å². The van der Waals surface area contributed by atoms with Crippen LogP contribution in [0.2, 0.25) is 0 Å². The van der Waals surface area contributed by atoms with Gasteiger partial charge in [0.2, 0.25) is 5.91 Å². The minimum atomic E-state index is -0.165. The van der Waals surface area contributed by atoms with Gasteiger partial charge in [-0.25, -0.2) is 4.98 Å². The first-order valence-electron chi connectivity index (χ1n) is 13.2. The lowest BCUT2D eigenvalue weighted by Gasteiger charge is -2.40. The fourth-order valence-electron chi connectivity index (χ4n) is 5.07. The van der Waals surface area contributed by atoms with Crippen molar-refractivity contribution < 1.29 is 9.59 Å². The van der Waals surface area contributed by atoms with Crippen LogP contribution in [-0.2, 0) is 16.0 Å². The molecule has 1 saturated heterocycles. The first-order chi connectivity index (χ1) is 18.1. The van der Waals surface area contributed by atoms with E-state index in [4.69, 9.17) is 4.98 Å². The molecule has 1 atom stereocenters. The fourth-order valence-corrected chi connectivity index (χ4v) is 5.07. The summed E-state index contributed by atoms with van der Waals surface area (Å²) in [5, 5.41) is 9.18. The molecular weight excluding hydrogens is 464 g/mol. The molecule has 1 unspecified atom stereocenters. The second-order valence-electron chi connectivity index (χ2n) is 9.75. The van der Waals surface area contributed by atoms with Crippen LogP contribution in [0.1, 0.15) is 50.0 Å². The Balaban J connectivity index is 1.34. The minimum absolute atomic E-state index is 0.121. The number of carbonyl (C=O) groups excluding carboxylic acids is 2. The highest BCUT2D eigenvalue weighted by Gasteiger charge is 2.33. The maximum absolute atomic E-state index is 13.3. The number of benzene rings is 2. The molecule has 2 N–H and O–H groups in total. The summed E-state index contributed by atoms with van der Waals surface area (Å²) in [7, 11) is 0. The summed E-state index contributed by atoms with van der Waals surface area (Å²) in [6.07, 6.45) is 8.59. The number of aromatic nitrogens is 4. The van der Waals surface area contributed by atoms with Gasteiger partial charge in [0.05, 0.1) is 18.1 Å². The molecule has 4 aromatic rings. The van der Waals surface area contributed by atoms with Crippen LogP contribution in [0.5, 0.6) is 0 Å². The van der Waals surface area contributed by atoms with Crippen molar-refractivity contribution in [3.05, 3.63) is 72.4 Å². The van der Waals surface area contributed by atoms with Gasteiger partial charge < -0.3 is 9.88 Å². The van der Waals surface area contributed by atoms with E-state index in [-0.39, 0.29) is 11.9 Å². The number of piperazine rings is 1. The highest BCUT2D eigenvalue weighted by atomic mass is 16.2. The summed E-state index contributed by atoms with van der Waals surface area (Å²) in [6.45, 7) is 4.89. The summed E-state index contributed by atoms with van der Waals surface area (Å²) >= 11 is 0. The molecule has 8 nitrogen and oxygen atoms in total. The number of hydrogen-bond acceptors (Lipinski definition) is 5. The number of aryl methyl sites for hydroxylation is 1. The Morgan fingerprint density at radius 3 is 2.73 bits per heavy atom. The van der Waals surface area contributed by atoms with E-state index in [1.54, 1.807) is 6.20 Å². The molecule has 0 aliphatic carbocycles. The topological polar surface area (TPSA) is 98.0 Å². The average molecular weight is 499 g/mol. The molecule has 2 aromatic heterocycles. The maximum Gasteiger partial charge on any atom is 0.223 e. The molecule has 1 aliphatic heterocycles. The van der Waals surface area contributed by atoms with Crippen molar-refractivity contribution in [2.75, 3.05) is 26.2 Å². The van der Waals surface area contributed by atoms with E-state index in [2.05, 4.69) is 50.4 Å². The van der Waals surface area contributed by atoms with Crippen molar-refractivity contribution in [1.29, 1.82) is 0 Å². The number of H-pyrrole nitrogens is 2. The van der Waals surface area contributed by atoms with Gasteiger partial charge in [-0.1, -0.05) is 43.3 Å². The predicted octanol–water partition coefficient (Wildman–Crippen LogP) is 4.53. The molecule has 3 heterocycles. The van der Waals surface area contributed by atoms with E-state index in [9.17, 15) is 9.59 Å². The van der Waals surface area contributed by atoms with Gasteiger partial charge in [-0.2, -0.15) is 5.10 Å². The molecule has 5 rings (SSSR count). The number of nitrogens with zero attached hydrogens (tertiary/aromatic N) is 4. The Bertz CT molecular complexity index is 1350. The summed E-state index contributed by atoms with van der Waals surface area (Å²) in [5.74, 6) is 1.22. The van der Waals surface area contributed by atoms with Crippen molar-refractivity contribution in [3.8, 4) is 11.3 Å². The standard InChI is InChI=1S/C29H34N6O2/c1-2-25(36)8-5-13-34-14-15-35(28(37)12-9-21-17-31-32-18-21)27(20-34)29-30-19-26(33-29)24-11-10-22-6-3-4-7-23(22)16-24/h3-4,6-7,10-11,16-19,27H,2,5,8-9,12-15,20H2,1H3,(H,30,33)(H,31,32). The summed E-state index contributed by atoms with van der Waals surface area (Å²) in [4.78, 5) is 37.7. The molecular formula is C29H34N6O2. The first kappa shape index (κ1) is 24.9. The van der Waals surface area contributed by atoms with E-state index in [0.717, 1.165) is 42.2 Å². The van der Waals surface area contributed by atoms with Crippen molar-refractivity contribution >= 4 is 22.5 Å². The van der Waals surface area contributed by atoms with Crippen LogP contribution in [0.15, 0.2) is 61.1 Å². The smallest absolute Gasteiger partial charge is 0.223 e. The molecule has 2 aromatic carbocycles. The second kappa shape index (κ2) is 11.5. The number of amides is 1. The molecule has 1 amide bonds. The maximum atomic E-state index is 13.3. The van der Waals surface area contributed by atoms with Crippen LogP contribution in [0.25, 0.3) is 22.0 Å². The van der Waals surface area contributed by atoms with Crippen molar-refractivity contribution in [2.45, 2.75) is 45.1 Å². The number of rotatable bonds is 10. The van der Waals surface area contributed by atoms with Gasteiger partial charge in [-0.05, 0) is 41.8 Å². The number of fused-ring (bicyclic) bond motifs is 1. The van der Waals surface area contributed by atoms with Crippen LogP contribution >= 0.6 is 0 Å². The van der Waals surface area contributed by atoms with Crippen LogP contribution < -0.4 is 0 Å². The number of carbonyl (C=O) groups is 2. The van der Waals surface area contributed by atoms with E-state index in [1.165, 1.54) is 10.8 Å². The van der Waals surface area contributed by atoms with Crippen LogP contribution in [0.4, 0.5) is 0 Å². The van der Waals surface area contributed by atoms with Crippen LogP contribution in [0, 0.1) is 0 Å². The molecule has 37 heavy (non-hydrogen) atoms. The largest absolute Gasteiger partial charge is 0.340 e. The highest BCUT2D eigenvalue weighted by Crippen LogP contribution is 2.28. The Labute approximate surface area is 217 Å². The first-order valence-corrected chi connectivity index (χ1v) is 13.2. The quantitative estimate of drug-likeness (QED) is 0.335. The van der Waals surface area contributed by atoms with E-state index < -0.39 is 0 Å². The van der Waals surface area contributed by atoms with Crippen molar-refractivity contribution in [1.82, 2.24) is 30.0 Å². The van der Waals surface area contributed by atoms with E-state index in [1.807, 2.05) is 36.4 Å². The predicted molar refractivity (Wildman–Crippen MR) is 144 cm³/mol. The van der Waals surface area contributed by atoms with Crippen LogP contribution in [0.3, 0.4) is 0 Å². The van der Waals surface area contributed by atoms with E-state index >= 15 is 0 Å². The Morgan fingerprint density at radius 1 is 1.05 bits per heavy atom. The number of Topliss-reactive ketones (excluding diaryl/α,β-unsaturated/α-hetero) is 1. The molecule has 0 saturated carbocycles. The SMILES string of the molecule is CCC(=O)CCCN1CCN(C(=O)CCc2cn[nH]c2)C(c2ncc(-c3ccc4ccccc4c3)[nH]2)C1. The molecule has 192 valence electrons. The normalized spacial score (nSPS) is 16.4. The Hall–Kier alpha value is -3.78. The van der Waals surface area contributed by atoms with Gasteiger partial charge in [-0.15, -0.1) is 0 Å². The van der Waals surface area contributed by atoms with E-state index in [0.29, 0.717) is 44.6 Å². The van der Waals surface area contributed by atoms with Gasteiger partial charge >= 0.3 is 0 Å². The molecule has 1 aliphatic rings. The fraction of sp³-hybridized carbons (Fsp3) is 0.379. The number of nitrogens with one attached hydrogen (secondary N) is 2. The lowest BCUT2D eigenvalue weighted by atomic mass is 10.1. The molecule has 0 bridgehead atoms. The molecule has 8 heteroatoms. The van der Waals surface area contributed by atoms with Gasteiger partial charge in [0, 0.05) is 50.7 Å². The zero-order valence-corrected chi connectivity index (χ0v) is 21.3. The minimum Gasteiger partial charge on any atom is -0.340 e. The monoisotopic (exact) mass is 498 g/mol. The average Bonchev–Trinajstić information content (AvgIpc) is 3.64. The zero-order chi connectivity index (χ0) is 25.6. The number of hydrogen-bond donors (Lipinski definition) is 2. The third-order valence-electron chi connectivity index (χ3n) is 7.26. The Morgan fingerprint density at radius 2 is 1.92 bits per heavy atom. The highest BCUT2D eigenvalue weighted by molar-refractivity contribution is 5.86. The van der Waals surface area contributed by atoms with Gasteiger partial charge in [0.1, 0.15) is 17.6 Å². The van der Waals surface area contributed by atoms with Gasteiger partial charge in [-0.3, -0.25) is 19.6 Å². The second-order valence-corrected chi connectivity index (χ2v) is 9.75.